The van der Waals surface area contributed by atoms with Crippen molar-refractivity contribution < 1.29 is 0 Å². The monoisotopic (exact) mass is 231 g/mol. The second-order valence-corrected chi connectivity index (χ2v) is 4.20. The van der Waals surface area contributed by atoms with E-state index in [0.29, 0.717) is 0 Å². The van der Waals surface area contributed by atoms with Crippen LogP contribution in [0.1, 0.15) is 20.3 Å². The largest absolute Gasteiger partial charge is 0.296 e. The molecule has 1 aliphatic rings. The second kappa shape index (κ2) is 5.03. The van der Waals surface area contributed by atoms with Gasteiger partial charge in [-0.15, -0.1) is 0 Å². The third-order valence-electron chi connectivity index (χ3n) is 2.73. The molecule has 1 aliphatic heterocycles. The fourth-order valence-electron chi connectivity index (χ4n) is 1.80. The minimum Gasteiger partial charge on any atom is -0.296 e. The highest BCUT2D eigenvalue weighted by atomic mass is 79.9. The first-order valence-corrected chi connectivity index (χ1v) is 5.83. The van der Waals surface area contributed by atoms with E-state index in [1.165, 1.54) is 13.0 Å². The predicted molar refractivity (Wildman–Crippen MR) is 57.8 cm³/mol. The van der Waals surface area contributed by atoms with E-state index >= 15 is 0 Å². The number of alkyl halides is 1. The number of nitrogens with zero attached hydrogens (tertiary/aromatic N) is 1. The molecule has 2 unspecified atom stereocenters. The van der Waals surface area contributed by atoms with Gasteiger partial charge >= 0.3 is 0 Å². The van der Waals surface area contributed by atoms with Crippen LogP contribution in [0.5, 0.6) is 0 Å². The van der Waals surface area contributed by atoms with Crippen molar-refractivity contribution in [2.45, 2.75) is 26.3 Å². The Balaban J connectivity index is 2.42. The Morgan fingerprint density at radius 2 is 2.33 bits per heavy atom. The van der Waals surface area contributed by atoms with E-state index in [0.717, 1.165) is 23.8 Å². The summed E-state index contributed by atoms with van der Waals surface area (Å²) in [5, 5.41) is 1.12. The van der Waals surface area contributed by atoms with Gasteiger partial charge in [-0.2, -0.15) is 0 Å². The lowest BCUT2D eigenvalue weighted by molar-refractivity contribution is 0.278. The summed E-state index contributed by atoms with van der Waals surface area (Å²) in [5.41, 5.74) is 0. The first kappa shape index (κ1) is 10.3. The Bertz CT molecular complexity index is 156. The van der Waals surface area contributed by atoms with Crippen LogP contribution in [0, 0.1) is 5.92 Å². The van der Waals surface area contributed by atoms with Crippen LogP contribution in [0.2, 0.25) is 0 Å². The van der Waals surface area contributed by atoms with Crippen LogP contribution < -0.4 is 0 Å². The van der Waals surface area contributed by atoms with Gasteiger partial charge in [0.05, 0.1) is 0 Å². The molecule has 0 aromatic carbocycles. The van der Waals surface area contributed by atoms with E-state index in [1.54, 1.807) is 0 Å². The van der Waals surface area contributed by atoms with E-state index < -0.39 is 0 Å². The van der Waals surface area contributed by atoms with Crippen molar-refractivity contribution in [1.29, 1.82) is 0 Å². The summed E-state index contributed by atoms with van der Waals surface area (Å²) in [6.45, 7) is 6.82. The van der Waals surface area contributed by atoms with Crippen molar-refractivity contribution in [2.75, 3.05) is 18.4 Å². The molecule has 1 saturated heterocycles. The van der Waals surface area contributed by atoms with Gasteiger partial charge in [-0.1, -0.05) is 35.0 Å². The van der Waals surface area contributed by atoms with Crippen molar-refractivity contribution in [3.63, 3.8) is 0 Å². The zero-order valence-electron chi connectivity index (χ0n) is 7.96. The molecule has 1 heterocycles. The summed E-state index contributed by atoms with van der Waals surface area (Å²) in [4.78, 5) is 2.55. The lowest BCUT2D eigenvalue weighted by atomic mass is 10.1. The molecule has 0 bridgehead atoms. The van der Waals surface area contributed by atoms with Gasteiger partial charge in [-0.05, 0) is 25.8 Å². The first-order chi connectivity index (χ1) is 5.79. The third-order valence-corrected chi connectivity index (χ3v) is 3.39. The molecule has 0 N–H and O–H groups in total. The van der Waals surface area contributed by atoms with E-state index in [4.69, 9.17) is 0 Å². The predicted octanol–water partition coefficient (Wildman–Crippen LogP) is 2.67. The Kier molecular flexibility index (Phi) is 4.30. The molecular weight excluding hydrogens is 214 g/mol. The average molecular weight is 232 g/mol. The number of allylic oxidation sites excluding steroid dienone is 1. The maximum Gasteiger partial charge on any atom is 0.0222 e. The fraction of sp³-hybridized carbons (Fsp3) is 0.800. The van der Waals surface area contributed by atoms with E-state index in [2.05, 4.69) is 46.8 Å². The van der Waals surface area contributed by atoms with Gasteiger partial charge in [0.15, 0.2) is 0 Å². The van der Waals surface area contributed by atoms with E-state index in [-0.39, 0.29) is 0 Å². The van der Waals surface area contributed by atoms with Gasteiger partial charge in [0.2, 0.25) is 0 Å². The number of halogens is 1. The second-order valence-electron chi connectivity index (χ2n) is 3.55. The summed E-state index contributed by atoms with van der Waals surface area (Å²) in [6, 6.07) is 0.751. The van der Waals surface area contributed by atoms with E-state index in [9.17, 15) is 0 Å². The highest BCUT2D eigenvalue weighted by Gasteiger charge is 2.28. The normalized spacial score (nSPS) is 31.9. The Morgan fingerprint density at radius 3 is 2.92 bits per heavy atom. The summed E-state index contributed by atoms with van der Waals surface area (Å²) in [7, 11) is 0. The Labute approximate surface area is 84.0 Å². The molecule has 0 aromatic rings. The molecule has 0 aromatic heterocycles. The molecule has 0 radical (unpaired) electrons. The molecule has 0 saturated carbocycles. The first-order valence-electron chi connectivity index (χ1n) is 4.70. The smallest absolute Gasteiger partial charge is 0.0222 e. The molecule has 12 heavy (non-hydrogen) atoms. The van der Waals surface area contributed by atoms with Crippen LogP contribution in [-0.2, 0) is 0 Å². The maximum atomic E-state index is 3.58. The Morgan fingerprint density at radius 1 is 1.58 bits per heavy atom. The molecule has 2 heteroatoms. The summed E-state index contributed by atoms with van der Waals surface area (Å²) < 4.78 is 0. The molecular formula is C10H18BrN. The highest BCUT2D eigenvalue weighted by Crippen LogP contribution is 2.24. The van der Waals surface area contributed by atoms with Crippen molar-refractivity contribution in [2.24, 2.45) is 5.92 Å². The molecule has 0 amide bonds. The van der Waals surface area contributed by atoms with Crippen LogP contribution in [0.15, 0.2) is 12.2 Å². The quantitative estimate of drug-likeness (QED) is 0.534. The zero-order valence-corrected chi connectivity index (χ0v) is 9.55. The average Bonchev–Trinajstić information content (AvgIpc) is 2.43. The van der Waals surface area contributed by atoms with Crippen molar-refractivity contribution in [1.82, 2.24) is 4.90 Å². The van der Waals surface area contributed by atoms with Crippen LogP contribution in [0.25, 0.3) is 0 Å². The lowest BCUT2D eigenvalue weighted by Gasteiger charge is -2.23. The number of rotatable bonds is 3. The lowest BCUT2D eigenvalue weighted by Crippen LogP contribution is -2.33. The van der Waals surface area contributed by atoms with Crippen LogP contribution in [-0.4, -0.2) is 29.4 Å². The zero-order chi connectivity index (χ0) is 8.97. The van der Waals surface area contributed by atoms with Crippen molar-refractivity contribution >= 4 is 15.9 Å². The van der Waals surface area contributed by atoms with Crippen LogP contribution >= 0.6 is 15.9 Å². The van der Waals surface area contributed by atoms with Gasteiger partial charge in [0, 0.05) is 17.9 Å². The fourth-order valence-corrected chi connectivity index (χ4v) is 2.85. The minimum atomic E-state index is 0.751. The molecule has 0 spiro atoms. The number of hydrogen-bond donors (Lipinski definition) is 0. The summed E-state index contributed by atoms with van der Waals surface area (Å²) in [5.74, 6) is 0.856. The summed E-state index contributed by atoms with van der Waals surface area (Å²) in [6.07, 6.45) is 5.73. The minimum absolute atomic E-state index is 0.751. The third kappa shape index (κ3) is 2.33. The highest BCUT2D eigenvalue weighted by molar-refractivity contribution is 9.09. The van der Waals surface area contributed by atoms with Crippen molar-refractivity contribution in [3.05, 3.63) is 12.2 Å². The topological polar surface area (TPSA) is 3.24 Å². The standard InChI is InChI=1S/C10H18BrN/c1-3-4-6-12-7-5-9(2)10(12)8-11/h3-4,9-10H,5-8H2,1-2H3/b4-3+. The van der Waals surface area contributed by atoms with Gasteiger partial charge in [0.1, 0.15) is 0 Å². The molecule has 70 valence electrons. The number of likely N-dealkylation sites (tertiary alicyclic amines) is 1. The Hall–Kier alpha value is 0.180. The van der Waals surface area contributed by atoms with Gasteiger partial charge in [0.25, 0.3) is 0 Å². The van der Waals surface area contributed by atoms with E-state index in [1.807, 2.05) is 0 Å². The van der Waals surface area contributed by atoms with Crippen molar-refractivity contribution in [3.8, 4) is 0 Å². The molecule has 1 rings (SSSR count). The summed E-state index contributed by atoms with van der Waals surface area (Å²) >= 11 is 3.58. The van der Waals surface area contributed by atoms with Crippen LogP contribution in [0.3, 0.4) is 0 Å². The van der Waals surface area contributed by atoms with Gasteiger partial charge in [-0.3, -0.25) is 4.90 Å². The molecule has 0 aliphatic carbocycles. The van der Waals surface area contributed by atoms with Crippen LogP contribution in [0.4, 0.5) is 0 Å². The SMILES string of the molecule is C/C=C/CN1CCC(C)C1CBr. The van der Waals surface area contributed by atoms with Gasteiger partial charge in [-0.25, -0.2) is 0 Å². The number of hydrogen-bond acceptors (Lipinski definition) is 1. The van der Waals surface area contributed by atoms with Gasteiger partial charge < -0.3 is 0 Å². The molecule has 2 atom stereocenters. The maximum absolute atomic E-state index is 3.58. The molecule has 1 nitrogen and oxygen atoms in total. The molecule has 1 fully saturated rings.